The quantitative estimate of drug-likeness (QED) is 0.559. The number of aromatic nitrogens is 4. The van der Waals surface area contributed by atoms with Crippen LogP contribution in [0.1, 0.15) is 55.2 Å². The molecule has 1 saturated carbocycles. The maximum atomic E-state index is 12.2. The monoisotopic (exact) mass is 371 g/mol. The average Bonchev–Trinajstić information content (AvgIpc) is 3.43. The summed E-state index contributed by atoms with van der Waals surface area (Å²) in [4.78, 5) is 37.4. The molecule has 2 aromatic rings. The number of hydrogen-bond donors (Lipinski definition) is 4. The Labute approximate surface area is 155 Å². The Kier molecular flexibility index (Phi) is 4.84. The van der Waals surface area contributed by atoms with Crippen molar-refractivity contribution in [3.63, 3.8) is 0 Å². The molecule has 8 nitrogen and oxygen atoms in total. The Hall–Kier alpha value is -2.45. The van der Waals surface area contributed by atoms with Crippen molar-refractivity contribution >= 4 is 12.7 Å². The Balaban J connectivity index is 1.76. The van der Waals surface area contributed by atoms with Crippen LogP contribution in [0.15, 0.2) is 9.59 Å². The van der Waals surface area contributed by atoms with Crippen LogP contribution in [0.4, 0.5) is 0 Å². The molecule has 1 saturated heterocycles. The van der Waals surface area contributed by atoms with E-state index < -0.39 is 5.56 Å². The summed E-state index contributed by atoms with van der Waals surface area (Å²) in [5.74, 6) is 1.54. The number of rotatable bonds is 5. The van der Waals surface area contributed by atoms with Gasteiger partial charge in [0.15, 0.2) is 0 Å². The van der Waals surface area contributed by atoms with Crippen molar-refractivity contribution in [2.45, 2.75) is 44.1 Å². The molecule has 144 valence electrons. The van der Waals surface area contributed by atoms with Crippen LogP contribution < -0.4 is 27.1 Å². The van der Waals surface area contributed by atoms with Gasteiger partial charge in [-0.1, -0.05) is 13.5 Å². The minimum Gasteiger partial charge on any atom is -0.378 e. The molecule has 27 heavy (non-hydrogen) atoms. The molecule has 0 aromatic carbocycles. The van der Waals surface area contributed by atoms with Crippen LogP contribution in [-0.2, 0) is 4.74 Å². The summed E-state index contributed by atoms with van der Waals surface area (Å²) in [6, 6.07) is 0.212. The smallest absolute Gasteiger partial charge is 0.272 e. The standard InChI is InChI=1S/C19H25N5O3/c1-3-12(15-9-27-7-6-20-15)17-22-13(16(24-17)11-4-5-11)8-14-19(26)21-10(2)18(25)23-14/h8,11-12,15,20H,2-7,9H2,1H3,(H,21,26)(H,22,24)(H,23,25). The molecule has 1 aliphatic heterocycles. The molecule has 0 amide bonds. The van der Waals surface area contributed by atoms with Gasteiger partial charge < -0.3 is 25.0 Å². The van der Waals surface area contributed by atoms with Crippen LogP contribution in [0.3, 0.4) is 0 Å². The molecular formula is C19H25N5O3. The van der Waals surface area contributed by atoms with Crippen molar-refractivity contribution in [2.24, 2.45) is 0 Å². The van der Waals surface area contributed by atoms with Gasteiger partial charge in [0.1, 0.15) is 11.2 Å². The van der Waals surface area contributed by atoms with Crippen molar-refractivity contribution < 1.29 is 4.74 Å². The largest absolute Gasteiger partial charge is 0.378 e. The molecule has 1 aliphatic carbocycles. The molecule has 0 bridgehead atoms. The summed E-state index contributed by atoms with van der Waals surface area (Å²) >= 11 is 0. The number of morpholine rings is 1. The number of nitrogens with one attached hydrogen (secondary N) is 4. The summed E-state index contributed by atoms with van der Waals surface area (Å²) in [5.41, 5.74) is 0.986. The second-order valence-corrected chi connectivity index (χ2v) is 7.29. The normalized spacial score (nSPS) is 22.1. The van der Waals surface area contributed by atoms with Gasteiger partial charge in [-0.25, -0.2) is 4.98 Å². The maximum Gasteiger partial charge on any atom is 0.272 e. The lowest BCUT2D eigenvalue weighted by molar-refractivity contribution is 0.0664. The number of H-pyrrole nitrogens is 3. The molecule has 2 unspecified atom stereocenters. The highest BCUT2D eigenvalue weighted by atomic mass is 16.5. The van der Waals surface area contributed by atoms with E-state index in [4.69, 9.17) is 9.72 Å². The first-order chi connectivity index (χ1) is 13.1. The molecule has 0 spiro atoms. The third kappa shape index (κ3) is 3.68. The van der Waals surface area contributed by atoms with Gasteiger partial charge in [-0.3, -0.25) is 9.59 Å². The fourth-order valence-corrected chi connectivity index (χ4v) is 3.66. The predicted molar refractivity (Wildman–Crippen MR) is 102 cm³/mol. The van der Waals surface area contributed by atoms with E-state index in [9.17, 15) is 9.59 Å². The van der Waals surface area contributed by atoms with E-state index in [1.165, 1.54) is 0 Å². The molecule has 2 fully saturated rings. The van der Waals surface area contributed by atoms with Crippen molar-refractivity contribution in [3.05, 3.63) is 48.6 Å². The van der Waals surface area contributed by atoms with Crippen molar-refractivity contribution in [3.8, 4) is 0 Å². The first-order valence-electron chi connectivity index (χ1n) is 9.51. The first kappa shape index (κ1) is 17.9. The minimum atomic E-state index is -0.403. The molecule has 4 rings (SSSR count). The van der Waals surface area contributed by atoms with Gasteiger partial charge in [0.25, 0.3) is 11.1 Å². The van der Waals surface area contributed by atoms with Crippen LogP contribution in [0.5, 0.6) is 0 Å². The Morgan fingerprint density at radius 1 is 1.26 bits per heavy atom. The number of imidazole rings is 1. The fourth-order valence-electron chi connectivity index (χ4n) is 3.66. The lowest BCUT2D eigenvalue weighted by atomic mass is 9.96. The third-order valence-corrected chi connectivity index (χ3v) is 5.30. The van der Waals surface area contributed by atoms with Crippen LogP contribution in [-0.4, -0.2) is 45.7 Å². The zero-order valence-corrected chi connectivity index (χ0v) is 15.4. The first-order valence-corrected chi connectivity index (χ1v) is 9.51. The van der Waals surface area contributed by atoms with Crippen LogP contribution in [0, 0.1) is 0 Å². The van der Waals surface area contributed by atoms with Gasteiger partial charge in [-0.2, -0.15) is 0 Å². The molecule has 8 heteroatoms. The predicted octanol–water partition coefficient (Wildman–Crippen LogP) is -0.615. The summed E-state index contributed by atoms with van der Waals surface area (Å²) in [6.45, 7) is 7.89. The van der Waals surface area contributed by atoms with E-state index in [1.54, 1.807) is 6.08 Å². The third-order valence-electron chi connectivity index (χ3n) is 5.30. The lowest BCUT2D eigenvalue weighted by Gasteiger charge is -2.29. The van der Waals surface area contributed by atoms with E-state index in [0.29, 0.717) is 12.5 Å². The van der Waals surface area contributed by atoms with Gasteiger partial charge in [-0.05, 0) is 25.3 Å². The van der Waals surface area contributed by atoms with E-state index >= 15 is 0 Å². The highest BCUT2D eigenvalue weighted by Gasteiger charge is 2.32. The Bertz CT molecular complexity index is 1040. The number of nitrogens with zero attached hydrogens (tertiary/aromatic N) is 1. The van der Waals surface area contributed by atoms with Crippen LogP contribution in [0.2, 0.25) is 0 Å². The lowest BCUT2D eigenvalue weighted by Crippen LogP contribution is -2.46. The Morgan fingerprint density at radius 2 is 2.07 bits per heavy atom. The Morgan fingerprint density at radius 3 is 2.74 bits per heavy atom. The average molecular weight is 371 g/mol. The topological polar surface area (TPSA) is 116 Å². The highest BCUT2D eigenvalue weighted by molar-refractivity contribution is 5.49. The van der Waals surface area contributed by atoms with Crippen LogP contribution >= 0.6 is 0 Å². The summed E-state index contributed by atoms with van der Waals surface area (Å²) in [6.07, 6.45) is 4.79. The number of ether oxygens (including phenoxy) is 1. The molecule has 3 heterocycles. The van der Waals surface area contributed by atoms with E-state index in [-0.39, 0.29) is 28.2 Å². The van der Waals surface area contributed by atoms with E-state index in [2.05, 4.69) is 33.8 Å². The molecule has 2 aromatic heterocycles. The fraction of sp³-hybridized carbons (Fsp3) is 0.526. The molecule has 4 N–H and O–H groups in total. The summed E-state index contributed by atoms with van der Waals surface area (Å²) in [5, 5.41) is 3.76. The molecule has 2 aliphatic rings. The number of hydrogen-bond acceptors (Lipinski definition) is 5. The molecule has 0 radical (unpaired) electrons. The van der Waals surface area contributed by atoms with E-state index in [0.717, 1.165) is 49.6 Å². The number of aromatic amines is 3. The zero-order valence-electron chi connectivity index (χ0n) is 15.4. The SMILES string of the molecule is C=c1[nH]c(=O)c(=Cc2nc(C(CC)C3COCCN3)[nH]c2C2CC2)[nH]c1=O. The molecular weight excluding hydrogens is 346 g/mol. The van der Waals surface area contributed by atoms with Gasteiger partial charge in [0, 0.05) is 30.1 Å². The van der Waals surface area contributed by atoms with Gasteiger partial charge in [0.2, 0.25) is 0 Å². The van der Waals surface area contributed by atoms with E-state index in [1.807, 2.05) is 0 Å². The van der Waals surface area contributed by atoms with Crippen molar-refractivity contribution in [1.82, 2.24) is 25.3 Å². The second-order valence-electron chi connectivity index (χ2n) is 7.29. The van der Waals surface area contributed by atoms with Crippen molar-refractivity contribution in [1.29, 1.82) is 0 Å². The summed E-state index contributed by atoms with van der Waals surface area (Å²) in [7, 11) is 0. The second kappa shape index (κ2) is 7.28. The van der Waals surface area contributed by atoms with Gasteiger partial charge in [-0.15, -0.1) is 0 Å². The van der Waals surface area contributed by atoms with Crippen LogP contribution in [0.25, 0.3) is 12.7 Å². The summed E-state index contributed by atoms with van der Waals surface area (Å²) < 4.78 is 5.62. The zero-order chi connectivity index (χ0) is 19.0. The van der Waals surface area contributed by atoms with Gasteiger partial charge in [0.05, 0.1) is 24.3 Å². The van der Waals surface area contributed by atoms with Gasteiger partial charge >= 0.3 is 0 Å². The highest BCUT2D eigenvalue weighted by Crippen LogP contribution is 2.41. The minimum absolute atomic E-state index is 0.0525. The molecule has 2 atom stereocenters. The maximum absolute atomic E-state index is 12.2. The van der Waals surface area contributed by atoms with Crippen molar-refractivity contribution in [2.75, 3.05) is 19.8 Å².